The molecule has 0 saturated heterocycles. The molecule has 0 bridgehead atoms. The summed E-state index contributed by atoms with van der Waals surface area (Å²) in [7, 11) is 1.58. The van der Waals surface area contributed by atoms with Gasteiger partial charge in [-0.05, 0) is 34.7 Å². The van der Waals surface area contributed by atoms with E-state index >= 15 is 0 Å². The van der Waals surface area contributed by atoms with Crippen LogP contribution in [0.3, 0.4) is 0 Å². The SMILES string of the molecule is COc1ncnc2c(I)cc(Cl)cc12. The van der Waals surface area contributed by atoms with Gasteiger partial charge in [-0.25, -0.2) is 9.97 Å². The molecule has 3 nitrogen and oxygen atoms in total. The zero-order chi connectivity index (χ0) is 10.1. The zero-order valence-electron chi connectivity index (χ0n) is 7.29. The smallest absolute Gasteiger partial charge is 0.224 e. The lowest BCUT2D eigenvalue weighted by molar-refractivity contribution is 0.402. The molecule has 0 aliphatic carbocycles. The summed E-state index contributed by atoms with van der Waals surface area (Å²) in [6.45, 7) is 0. The van der Waals surface area contributed by atoms with Crippen LogP contribution in [0.4, 0.5) is 0 Å². The average Bonchev–Trinajstić information content (AvgIpc) is 2.17. The second-order valence-electron chi connectivity index (χ2n) is 2.67. The van der Waals surface area contributed by atoms with Gasteiger partial charge < -0.3 is 4.74 Å². The van der Waals surface area contributed by atoms with E-state index in [-0.39, 0.29) is 0 Å². The van der Waals surface area contributed by atoms with E-state index in [1.165, 1.54) is 6.33 Å². The van der Waals surface area contributed by atoms with Crippen LogP contribution >= 0.6 is 34.2 Å². The van der Waals surface area contributed by atoms with Crippen LogP contribution in [0.25, 0.3) is 10.9 Å². The lowest BCUT2D eigenvalue weighted by Crippen LogP contribution is -1.92. The van der Waals surface area contributed by atoms with Crippen LogP contribution in [-0.2, 0) is 0 Å². The first-order chi connectivity index (χ1) is 6.72. The van der Waals surface area contributed by atoms with Crippen LogP contribution < -0.4 is 4.74 Å². The van der Waals surface area contributed by atoms with Crippen molar-refractivity contribution in [2.75, 3.05) is 7.11 Å². The maximum Gasteiger partial charge on any atom is 0.224 e. The fraction of sp³-hybridized carbons (Fsp3) is 0.111. The molecule has 5 heteroatoms. The summed E-state index contributed by atoms with van der Waals surface area (Å²) in [5, 5.41) is 1.50. The molecular weight excluding hydrogens is 314 g/mol. The first kappa shape index (κ1) is 9.92. The number of rotatable bonds is 1. The van der Waals surface area contributed by atoms with Crippen LogP contribution in [-0.4, -0.2) is 17.1 Å². The minimum absolute atomic E-state index is 0.551. The Kier molecular flexibility index (Phi) is 2.73. The maximum atomic E-state index is 5.94. The van der Waals surface area contributed by atoms with Crippen molar-refractivity contribution in [2.45, 2.75) is 0 Å². The van der Waals surface area contributed by atoms with Crippen molar-refractivity contribution in [1.82, 2.24) is 9.97 Å². The van der Waals surface area contributed by atoms with E-state index < -0.39 is 0 Å². The molecule has 1 heterocycles. The van der Waals surface area contributed by atoms with Gasteiger partial charge in [-0.2, -0.15) is 0 Å². The van der Waals surface area contributed by atoms with Crippen LogP contribution in [0.15, 0.2) is 18.5 Å². The average molecular weight is 321 g/mol. The number of hydrogen-bond donors (Lipinski definition) is 0. The van der Waals surface area contributed by atoms with E-state index in [9.17, 15) is 0 Å². The predicted octanol–water partition coefficient (Wildman–Crippen LogP) is 2.90. The third kappa shape index (κ3) is 1.64. The van der Waals surface area contributed by atoms with Crippen LogP contribution in [0.1, 0.15) is 0 Å². The van der Waals surface area contributed by atoms with Crippen molar-refractivity contribution in [2.24, 2.45) is 0 Å². The third-order valence-corrected chi connectivity index (χ3v) is 2.85. The Morgan fingerprint density at radius 2 is 2.14 bits per heavy atom. The van der Waals surface area contributed by atoms with Gasteiger partial charge in [0, 0.05) is 8.59 Å². The number of aromatic nitrogens is 2. The summed E-state index contributed by atoms with van der Waals surface area (Å²) < 4.78 is 6.12. The standard InChI is InChI=1S/C9H6ClIN2O/c1-14-9-6-2-5(10)3-7(11)8(6)12-4-13-9/h2-4H,1H3. The van der Waals surface area contributed by atoms with E-state index in [1.807, 2.05) is 6.07 Å². The minimum Gasteiger partial charge on any atom is -0.480 e. The van der Waals surface area contributed by atoms with E-state index in [2.05, 4.69) is 32.6 Å². The number of ether oxygens (including phenoxy) is 1. The van der Waals surface area contributed by atoms with E-state index in [0.29, 0.717) is 10.9 Å². The topological polar surface area (TPSA) is 35.0 Å². The Hall–Kier alpha value is -0.620. The Bertz CT molecular complexity index is 489. The van der Waals surface area contributed by atoms with Gasteiger partial charge in [-0.3, -0.25) is 0 Å². The number of nitrogens with zero attached hydrogens (tertiary/aromatic N) is 2. The predicted molar refractivity (Wildman–Crippen MR) is 63.8 cm³/mol. The summed E-state index contributed by atoms with van der Waals surface area (Å²) >= 11 is 8.12. The van der Waals surface area contributed by atoms with E-state index in [1.54, 1.807) is 13.2 Å². The molecule has 0 saturated carbocycles. The van der Waals surface area contributed by atoms with Gasteiger partial charge >= 0.3 is 0 Å². The fourth-order valence-electron chi connectivity index (χ4n) is 1.23. The molecule has 0 aliphatic heterocycles. The van der Waals surface area contributed by atoms with Crippen molar-refractivity contribution in [3.05, 3.63) is 27.1 Å². The second kappa shape index (κ2) is 3.86. The molecule has 0 amide bonds. The Labute approximate surface area is 99.6 Å². The molecule has 14 heavy (non-hydrogen) atoms. The van der Waals surface area contributed by atoms with Crippen molar-refractivity contribution in [3.8, 4) is 5.88 Å². The number of methoxy groups -OCH3 is 1. The first-order valence-electron chi connectivity index (χ1n) is 3.86. The Morgan fingerprint density at radius 3 is 2.86 bits per heavy atom. The van der Waals surface area contributed by atoms with Crippen LogP contribution in [0.5, 0.6) is 5.88 Å². The molecule has 1 aromatic carbocycles. The minimum atomic E-state index is 0.551. The number of hydrogen-bond acceptors (Lipinski definition) is 3. The maximum absolute atomic E-state index is 5.94. The van der Waals surface area contributed by atoms with Crippen molar-refractivity contribution >= 4 is 45.1 Å². The molecule has 0 fully saturated rings. The van der Waals surface area contributed by atoms with Crippen LogP contribution in [0, 0.1) is 3.57 Å². The quantitative estimate of drug-likeness (QED) is 0.758. The highest BCUT2D eigenvalue weighted by molar-refractivity contribution is 14.1. The first-order valence-corrected chi connectivity index (χ1v) is 5.32. The lowest BCUT2D eigenvalue weighted by atomic mass is 10.2. The zero-order valence-corrected chi connectivity index (χ0v) is 10.2. The van der Waals surface area contributed by atoms with Crippen molar-refractivity contribution in [1.29, 1.82) is 0 Å². The number of fused-ring (bicyclic) bond motifs is 1. The largest absolute Gasteiger partial charge is 0.480 e. The fourth-order valence-corrected chi connectivity index (χ4v) is 2.40. The molecule has 2 rings (SSSR count). The van der Waals surface area contributed by atoms with Crippen molar-refractivity contribution < 1.29 is 4.74 Å². The Balaban J connectivity index is 2.86. The summed E-state index contributed by atoms with van der Waals surface area (Å²) in [6.07, 6.45) is 1.48. The summed E-state index contributed by atoms with van der Waals surface area (Å²) in [5.41, 5.74) is 0.863. The van der Waals surface area contributed by atoms with Gasteiger partial charge in [-0.1, -0.05) is 11.6 Å². The van der Waals surface area contributed by atoms with Crippen LogP contribution in [0.2, 0.25) is 5.02 Å². The summed E-state index contributed by atoms with van der Waals surface area (Å²) in [4.78, 5) is 8.19. The molecule has 0 unspecified atom stereocenters. The van der Waals surface area contributed by atoms with E-state index in [0.717, 1.165) is 14.5 Å². The Morgan fingerprint density at radius 1 is 1.36 bits per heavy atom. The molecule has 0 spiro atoms. The summed E-state index contributed by atoms with van der Waals surface area (Å²) in [5.74, 6) is 0.551. The molecule has 72 valence electrons. The molecule has 1 aromatic heterocycles. The second-order valence-corrected chi connectivity index (χ2v) is 4.27. The van der Waals surface area contributed by atoms with Gasteiger partial charge in [0.15, 0.2) is 0 Å². The highest BCUT2D eigenvalue weighted by atomic mass is 127. The molecule has 0 atom stereocenters. The van der Waals surface area contributed by atoms with Crippen molar-refractivity contribution in [3.63, 3.8) is 0 Å². The highest BCUT2D eigenvalue weighted by Gasteiger charge is 2.07. The van der Waals surface area contributed by atoms with Gasteiger partial charge in [0.05, 0.1) is 18.0 Å². The monoisotopic (exact) mass is 320 g/mol. The molecular formula is C9H6ClIN2O. The number of benzene rings is 1. The third-order valence-electron chi connectivity index (χ3n) is 1.81. The highest BCUT2D eigenvalue weighted by Crippen LogP contribution is 2.28. The van der Waals surface area contributed by atoms with E-state index in [4.69, 9.17) is 16.3 Å². The lowest BCUT2D eigenvalue weighted by Gasteiger charge is -2.04. The van der Waals surface area contributed by atoms with Gasteiger partial charge in [0.25, 0.3) is 0 Å². The molecule has 2 aromatic rings. The van der Waals surface area contributed by atoms with Gasteiger partial charge in [0.1, 0.15) is 6.33 Å². The molecule has 0 N–H and O–H groups in total. The summed E-state index contributed by atoms with van der Waals surface area (Å²) in [6, 6.07) is 3.66. The molecule has 0 aliphatic rings. The van der Waals surface area contributed by atoms with Gasteiger partial charge in [0.2, 0.25) is 5.88 Å². The molecule has 0 radical (unpaired) electrons. The van der Waals surface area contributed by atoms with Gasteiger partial charge in [-0.15, -0.1) is 0 Å². The number of halogens is 2. The normalized spacial score (nSPS) is 10.5.